The summed E-state index contributed by atoms with van der Waals surface area (Å²) in [5.74, 6) is 1.38. The third kappa shape index (κ3) is 10.7. The number of hydrogen-bond acceptors (Lipinski definition) is 4. The first-order valence-corrected chi connectivity index (χ1v) is 11.0. The highest BCUT2D eigenvalue weighted by atomic mass is 32.2. The molecule has 0 spiro atoms. The third-order valence-corrected chi connectivity index (χ3v) is 5.79. The van der Waals surface area contributed by atoms with Gasteiger partial charge in [-0.05, 0) is 39.5 Å². The molecule has 0 saturated carbocycles. The van der Waals surface area contributed by atoms with E-state index in [1.165, 1.54) is 4.31 Å². The van der Waals surface area contributed by atoms with E-state index in [-0.39, 0.29) is 11.9 Å². The Morgan fingerprint density at radius 3 is 2.40 bits per heavy atom. The molecule has 0 aliphatic rings. The fourth-order valence-electron chi connectivity index (χ4n) is 2.34. The van der Waals surface area contributed by atoms with E-state index in [0.717, 1.165) is 32.1 Å². The van der Waals surface area contributed by atoms with Gasteiger partial charge in [-0.25, -0.2) is 12.7 Å². The van der Waals surface area contributed by atoms with Gasteiger partial charge in [-0.2, -0.15) is 0 Å². The zero-order valence-corrected chi connectivity index (χ0v) is 17.7. The van der Waals surface area contributed by atoms with Crippen molar-refractivity contribution in [2.75, 3.05) is 45.6 Å². The molecule has 1 atom stereocenters. The maximum Gasteiger partial charge on any atom is 0.213 e. The molecule has 150 valence electrons. The van der Waals surface area contributed by atoms with Gasteiger partial charge < -0.3 is 15.4 Å². The second-order valence-corrected chi connectivity index (χ2v) is 8.65. The fraction of sp³-hybridized carbons (Fsp3) is 0.941. The fourth-order valence-corrected chi connectivity index (χ4v) is 3.19. The van der Waals surface area contributed by atoms with Crippen molar-refractivity contribution in [3.8, 4) is 0 Å². The Kier molecular flexibility index (Phi) is 12.9. The number of guanidine groups is 1. The van der Waals surface area contributed by atoms with E-state index in [2.05, 4.69) is 29.5 Å². The van der Waals surface area contributed by atoms with E-state index in [9.17, 15) is 8.42 Å². The topological polar surface area (TPSA) is 83.0 Å². The molecule has 0 radical (unpaired) electrons. The van der Waals surface area contributed by atoms with Crippen molar-refractivity contribution in [2.45, 2.75) is 53.6 Å². The Morgan fingerprint density at radius 2 is 1.88 bits per heavy atom. The van der Waals surface area contributed by atoms with E-state index in [1.807, 2.05) is 13.8 Å². The van der Waals surface area contributed by atoms with Gasteiger partial charge in [0, 0.05) is 39.8 Å². The first-order valence-electron chi connectivity index (χ1n) is 9.36. The van der Waals surface area contributed by atoms with Gasteiger partial charge in [0.1, 0.15) is 0 Å². The van der Waals surface area contributed by atoms with Crippen molar-refractivity contribution in [3.63, 3.8) is 0 Å². The van der Waals surface area contributed by atoms with E-state index >= 15 is 0 Å². The van der Waals surface area contributed by atoms with Crippen molar-refractivity contribution in [1.29, 1.82) is 0 Å². The highest BCUT2D eigenvalue weighted by molar-refractivity contribution is 7.89. The smallest absolute Gasteiger partial charge is 0.213 e. The van der Waals surface area contributed by atoms with Crippen LogP contribution in [0.25, 0.3) is 0 Å². The first kappa shape index (κ1) is 24.1. The summed E-state index contributed by atoms with van der Waals surface area (Å²) in [7, 11) is -1.49. The predicted octanol–water partition coefficient (Wildman–Crippen LogP) is 1.66. The van der Waals surface area contributed by atoms with Crippen LogP contribution in [0.2, 0.25) is 0 Å². The van der Waals surface area contributed by atoms with E-state index < -0.39 is 10.0 Å². The normalized spacial score (nSPS) is 14.2. The molecule has 0 saturated heterocycles. The van der Waals surface area contributed by atoms with Crippen LogP contribution in [0.4, 0.5) is 0 Å². The van der Waals surface area contributed by atoms with Gasteiger partial charge in [-0.3, -0.25) is 4.99 Å². The van der Waals surface area contributed by atoms with Crippen LogP contribution >= 0.6 is 0 Å². The average Bonchev–Trinajstić information content (AvgIpc) is 2.57. The Morgan fingerprint density at radius 1 is 1.20 bits per heavy atom. The molecule has 0 aromatic carbocycles. The summed E-state index contributed by atoms with van der Waals surface area (Å²) in [6.45, 7) is 13.4. The maximum atomic E-state index is 11.7. The molecule has 7 nitrogen and oxygen atoms in total. The second kappa shape index (κ2) is 13.4. The van der Waals surface area contributed by atoms with Crippen molar-refractivity contribution in [1.82, 2.24) is 14.9 Å². The minimum atomic E-state index is -3.11. The van der Waals surface area contributed by atoms with Crippen LogP contribution in [-0.4, -0.2) is 70.4 Å². The molecule has 0 aromatic rings. The lowest BCUT2D eigenvalue weighted by atomic mass is 10.0. The number of nitrogens with one attached hydrogen (secondary N) is 2. The molecular formula is C17H38N4O3S. The number of aliphatic imine (C=N–C) groups is 1. The van der Waals surface area contributed by atoms with Crippen molar-refractivity contribution < 1.29 is 13.2 Å². The van der Waals surface area contributed by atoms with Crippen LogP contribution in [0.3, 0.4) is 0 Å². The van der Waals surface area contributed by atoms with Gasteiger partial charge in [-0.15, -0.1) is 0 Å². The lowest BCUT2D eigenvalue weighted by Crippen LogP contribution is -2.39. The number of rotatable bonds is 13. The van der Waals surface area contributed by atoms with E-state index in [1.54, 1.807) is 14.0 Å². The van der Waals surface area contributed by atoms with Gasteiger partial charge in [0.2, 0.25) is 10.0 Å². The number of ether oxygens (including phenoxy) is 1. The van der Waals surface area contributed by atoms with Gasteiger partial charge in [0.05, 0.1) is 11.9 Å². The lowest BCUT2D eigenvalue weighted by molar-refractivity contribution is 0.0258. The molecule has 0 aliphatic heterocycles. The minimum absolute atomic E-state index is 0.133. The molecule has 0 aromatic heterocycles. The van der Waals surface area contributed by atoms with Crippen molar-refractivity contribution in [3.05, 3.63) is 0 Å². The predicted molar refractivity (Wildman–Crippen MR) is 106 cm³/mol. The quantitative estimate of drug-likeness (QED) is 0.289. The molecule has 0 aliphatic carbocycles. The Labute approximate surface area is 154 Å². The molecule has 2 N–H and O–H groups in total. The van der Waals surface area contributed by atoms with Crippen LogP contribution in [0.15, 0.2) is 4.99 Å². The summed E-state index contributed by atoms with van der Waals surface area (Å²) in [5, 5.41) is 6.53. The van der Waals surface area contributed by atoms with Crippen LogP contribution in [0.1, 0.15) is 47.5 Å². The van der Waals surface area contributed by atoms with Crippen LogP contribution < -0.4 is 10.6 Å². The summed E-state index contributed by atoms with van der Waals surface area (Å²) >= 11 is 0. The molecule has 0 fully saturated rings. The molecule has 0 rings (SSSR count). The summed E-state index contributed by atoms with van der Waals surface area (Å²) in [6.07, 6.45) is 1.86. The van der Waals surface area contributed by atoms with Crippen LogP contribution in [0, 0.1) is 5.92 Å². The SMILES string of the molecule is CCNC(=NCCCN(C)S(=O)(=O)CC)NCCC(OCC)C(C)C. The molecule has 1 unspecified atom stereocenters. The van der Waals surface area contributed by atoms with Gasteiger partial charge in [-0.1, -0.05) is 13.8 Å². The zero-order chi connectivity index (χ0) is 19.3. The Hall–Kier alpha value is -0.860. The standard InChI is InChI=1S/C17H38N4O3S/c1-7-18-17(20-13-11-16(15(4)5)24-8-2)19-12-10-14-21(6)25(22,23)9-3/h15-16H,7-14H2,1-6H3,(H2,18,19,20). The lowest BCUT2D eigenvalue weighted by Gasteiger charge is -2.21. The summed E-state index contributed by atoms with van der Waals surface area (Å²) < 4.78 is 30.5. The van der Waals surface area contributed by atoms with Crippen molar-refractivity contribution in [2.24, 2.45) is 10.9 Å². The highest BCUT2D eigenvalue weighted by Gasteiger charge is 2.14. The maximum absolute atomic E-state index is 11.7. The van der Waals surface area contributed by atoms with Gasteiger partial charge >= 0.3 is 0 Å². The molecule has 25 heavy (non-hydrogen) atoms. The summed E-state index contributed by atoms with van der Waals surface area (Å²) in [5.41, 5.74) is 0. The average molecular weight is 379 g/mol. The Balaban J connectivity index is 4.33. The van der Waals surface area contributed by atoms with Gasteiger partial charge in [0.25, 0.3) is 0 Å². The summed E-state index contributed by atoms with van der Waals surface area (Å²) in [6, 6.07) is 0. The van der Waals surface area contributed by atoms with E-state index in [0.29, 0.717) is 25.4 Å². The minimum Gasteiger partial charge on any atom is -0.378 e. The molecule has 8 heteroatoms. The summed E-state index contributed by atoms with van der Waals surface area (Å²) in [4.78, 5) is 4.51. The van der Waals surface area contributed by atoms with Crippen LogP contribution in [0.5, 0.6) is 0 Å². The highest BCUT2D eigenvalue weighted by Crippen LogP contribution is 2.09. The number of nitrogens with zero attached hydrogens (tertiary/aromatic N) is 2. The second-order valence-electron chi connectivity index (χ2n) is 6.29. The van der Waals surface area contributed by atoms with Crippen molar-refractivity contribution >= 4 is 16.0 Å². The van der Waals surface area contributed by atoms with Gasteiger partial charge in [0.15, 0.2) is 5.96 Å². The number of sulfonamides is 1. The number of hydrogen-bond donors (Lipinski definition) is 2. The monoisotopic (exact) mass is 378 g/mol. The van der Waals surface area contributed by atoms with E-state index in [4.69, 9.17) is 4.74 Å². The third-order valence-electron chi connectivity index (χ3n) is 3.93. The Bertz CT molecular complexity index is 467. The molecule has 0 amide bonds. The largest absolute Gasteiger partial charge is 0.378 e. The van der Waals surface area contributed by atoms with Crippen LogP contribution in [-0.2, 0) is 14.8 Å². The first-order chi connectivity index (χ1) is 11.8. The molecular weight excluding hydrogens is 340 g/mol. The molecule has 0 heterocycles. The molecule has 0 bridgehead atoms. The zero-order valence-electron chi connectivity index (χ0n) is 16.8.